The molecule has 1 fully saturated rings. The second-order valence-corrected chi connectivity index (χ2v) is 10.5. The topological polar surface area (TPSA) is 99.6 Å². The van der Waals surface area contributed by atoms with Gasteiger partial charge in [0.1, 0.15) is 12.4 Å². The summed E-state index contributed by atoms with van der Waals surface area (Å²) in [5, 5.41) is 17.3. The summed E-state index contributed by atoms with van der Waals surface area (Å²) in [5.41, 5.74) is 1.17. The van der Waals surface area contributed by atoms with Gasteiger partial charge in [0.25, 0.3) is 5.56 Å². The molecule has 0 saturated heterocycles. The standard InChI is InChI=1S/C28H24BrClN4O4/c29-21-13-14-24-22(15-21)28(35)33(27(32-24)18-7-2-1-3-8-18)31-16-19-10-6-12-25(34(36)37)26(19)38-17-20-9-4-5-11-23(20)30/h4-6,9-16,18H,1-3,7-8,17H2. The zero-order chi connectivity index (χ0) is 26.6. The fourth-order valence-electron chi connectivity index (χ4n) is 4.73. The summed E-state index contributed by atoms with van der Waals surface area (Å²) in [4.78, 5) is 29.7. The van der Waals surface area contributed by atoms with Crippen LogP contribution in [0.2, 0.25) is 5.02 Å². The second-order valence-electron chi connectivity index (χ2n) is 9.16. The van der Waals surface area contributed by atoms with Crippen molar-refractivity contribution in [3.8, 4) is 5.75 Å². The van der Waals surface area contributed by atoms with E-state index in [0.29, 0.717) is 32.9 Å². The number of benzene rings is 3. The number of para-hydroxylation sites is 1. The van der Waals surface area contributed by atoms with Crippen LogP contribution in [0.4, 0.5) is 5.69 Å². The summed E-state index contributed by atoms with van der Waals surface area (Å²) in [6, 6.07) is 17.1. The molecule has 0 radical (unpaired) electrons. The van der Waals surface area contributed by atoms with Crippen LogP contribution in [0.25, 0.3) is 10.9 Å². The predicted octanol–water partition coefficient (Wildman–Crippen LogP) is 7.23. The van der Waals surface area contributed by atoms with Crippen molar-refractivity contribution in [1.29, 1.82) is 0 Å². The van der Waals surface area contributed by atoms with Crippen LogP contribution in [0.5, 0.6) is 5.75 Å². The largest absolute Gasteiger partial charge is 0.481 e. The lowest BCUT2D eigenvalue weighted by Crippen LogP contribution is -2.25. The normalized spacial score (nSPS) is 14.3. The Hall–Kier alpha value is -3.56. The van der Waals surface area contributed by atoms with Gasteiger partial charge in [0.2, 0.25) is 5.75 Å². The highest BCUT2D eigenvalue weighted by Gasteiger charge is 2.23. The molecule has 10 heteroatoms. The van der Waals surface area contributed by atoms with Gasteiger partial charge in [0.05, 0.1) is 22.0 Å². The zero-order valence-corrected chi connectivity index (χ0v) is 22.7. The van der Waals surface area contributed by atoms with Crippen molar-refractivity contribution < 1.29 is 9.66 Å². The highest BCUT2D eigenvalue weighted by atomic mass is 79.9. The number of fused-ring (bicyclic) bond motifs is 1. The first-order chi connectivity index (χ1) is 18.4. The van der Waals surface area contributed by atoms with Crippen molar-refractivity contribution in [3.63, 3.8) is 0 Å². The Labute approximate surface area is 232 Å². The van der Waals surface area contributed by atoms with E-state index in [1.165, 1.54) is 17.0 Å². The summed E-state index contributed by atoms with van der Waals surface area (Å²) in [5.74, 6) is 0.748. The molecule has 194 valence electrons. The fourth-order valence-corrected chi connectivity index (χ4v) is 5.28. The molecule has 38 heavy (non-hydrogen) atoms. The Balaban J connectivity index is 1.59. The first kappa shape index (κ1) is 26.1. The quantitative estimate of drug-likeness (QED) is 0.127. The molecule has 0 atom stereocenters. The Morgan fingerprint density at radius 2 is 1.92 bits per heavy atom. The molecule has 0 aliphatic heterocycles. The Kier molecular flexibility index (Phi) is 7.85. The molecule has 1 heterocycles. The van der Waals surface area contributed by atoms with Crippen molar-refractivity contribution in [2.24, 2.45) is 5.10 Å². The molecule has 1 saturated carbocycles. The summed E-state index contributed by atoms with van der Waals surface area (Å²) >= 11 is 9.68. The number of halogens is 2. The Morgan fingerprint density at radius 1 is 1.13 bits per heavy atom. The molecule has 0 spiro atoms. The highest BCUT2D eigenvalue weighted by molar-refractivity contribution is 9.10. The molecular weight excluding hydrogens is 572 g/mol. The minimum Gasteiger partial charge on any atom is -0.481 e. The molecule has 1 aromatic heterocycles. The monoisotopic (exact) mass is 594 g/mol. The van der Waals surface area contributed by atoms with Crippen LogP contribution in [0.1, 0.15) is 55.0 Å². The number of nitro benzene ring substituents is 1. The summed E-state index contributed by atoms with van der Waals surface area (Å²) < 4.78 is 8.02. The van der Waals surface area contributed by atoms with Gasteiger partial charge in [-0.2, -0.15) is 9.78 Å². The van der Waals surface area contributed by atoms with Crippen LogP contribution >= 0.6 is 27.5 Å². The maximum absolute atomic E-state index is 13.6. The molecule has 3 aromatic carbocycles. The molecule has 0 N–H and O–H groups in total. The molecule has 5 rings (SSSR count). The smallest absolute Gasteiger partial charge is 0.311 e. The van der Waals surface area contributed by atoms with Crippen molar-refractivity contribution in [1.82, 2.24) is 9.66 Å². The average molecular weight is 596 g/mol. The number of aromatic nitrogens is 2. The number of hydrogen-bond acceptors (Lipinski definition) is 6. The minimum atomic E-state index is -0.506. The molecule has 1 aliphatic carbocycles. The lowest BCUT2D eigenvalue weighted by molar-refractivity contribution is -0.385. The summed E-state index contributed by atoms with van der Waals surface area (Å²) in [6.07, 6.45) is 6.56. The van der Waals surface area contributed by atoms with E-state index in [1.54, 1.807) is 36.4 Å². The number of nitrogens with zero attached hydrogens (tertiary/aromatic N) is 4. The van der Waals surface area contributed by atoms with Gasteiger partial charge in [-0.05, 0) is 43.2 Å². The van der Waals surface area contributed by atoms with E-state index in [9.17, 15) is 14.9 Å². The predicted molar refractivity (Wildman–Crippen MR) is 151 cm³/mol. The van der Waals surface area contributed by atoms with Crippen molar-refractivity contribution in [2.45, 2.75) is 44.6 Å². The number of ether oxygens (including phenoxy) is 1. The second kappa shape index (κ2) is 11.4. The maximum Gasteiger partial charge on any atom is 0.311 e. The molecule has 0 amide bonds. The van der Waals surface area contributed by atoms with Crippen molar-refractivity contribution in [3.05, 3.63) is 108 Å². The van der Waals surface area contributed by atoms with Gasteiger partial charge >= 0.3 is 5.69 Å². The van der Waals surface area contributed by atoms with Crippen LogP contribution in [0, 0.1) is 10.1 Å². The van der Waals surface area contributed by atoms with Gasteiger partial charge in [-0.1, -0.05) is 71.1 Å². The van der Waals surface area contributed by atoms with E-state index >= 15 is 0 Å². The first-order valence-electron chi connectivity index (χ1n) is 12.3. The third-order valence-corrected chi connectivity index (χ3v) is 7.53. The maximum atomic E-state index is 13.6. The van der Waals surface area contributed by atoms with E-state index in [-0.39, 0.29) is 29.5 Å². The number of nitro groups is 1. The fraction of sp³-hybridized carbons (Fsp3) is 0.250. The van der Waals surface area contributed by atoms with Crippen LogP contribution in [0.3, 0.4) is 0 Å². The van der Waals surface area contributed by atoms with E-state index in [2.05, 4.69) is 21.0 Å². The van der Waals surface area contributed by atoms with E-state index in [1.807, 2.05) is 18.2 Å². The average Bonchev–Trinajstić information content (AvgIpc) is 2.93. The molecule has 1 aliphatic rings. The number of hydrogen-bond donors (Lipinski definition) is 0. The molecule has 0 unspecified atom stereocenters. The third-order valence-electron chi connectivity index (χ3n) is 6.67. The van der Waals surface area contributed by atoms with Crippen LogP contribution < -0.4 is 10.3 Å². The van der Waals surface area contributed by atoms with Gasteiger partial charge in [-0.15, -0.1) is 0 Å². The minimum absolute atomic E-state index is 0.0319. The van der Waals surface area contributed by atoms with Crippen LogP contribution in [-0.2, 0) is 6.61 Å². The first-order valence-corrected chi connectivity index (χ1v) is 13.5. The molecule has 4 aromatic rings. The zero-order valence-electron chi connectivity index (χ0n) is 20.3. The van der Waals surface area contributed by atoms with E-state index in [0.717, 1.165) is 36.6 Å². The van der Waals surface area contributed by atoms with Gasteiger partial charge in [-0.25, -0.2) is 4.98 Å². The van der Waals surface area contributed by atoms with Gasteiger partial charge in [-0.3, -0.25) is 14.9 Å². The molecule has 8 nitrogen and oxygen atoms in total. The van der Waals surface area contributed by atoms with Crippen molar-refractivity contribution in [2.75, 3.05) is 0 Å². The summed E-state index contributed by atoms with van der Waals surface area (Å²) in [7, 11) is 0. The van der Waals surface area contributed by atoms with Crippen molar-refractivity contribution >= 4 is 50.3 Å². The molecular formula is C28H24BrClN4O4. The molecule has 0 bridgehead atoms. The van der Waals surface area contributed by atoms with Crippen LogP contribution in [-0.4, -0.2) is 20.8 Å². The number of rotatable bonds is 7. The lowest BCUT2D eigenvalue weighted by atomic mass is 9.88. The SMILES string of the molecule is O=c1c2cc(Br)ccc2nc(C2CCCCC2)n1N=Cc1cccc([N+](=O)[O-])c1OCc1ccccc1Cl. The third kappa shape index (κ3) is 5.49. The van der Waals surface area contributed by atoms with Gasteiger partial charge < -0.3 is 4.74 Å². The Morgan fingerprint density at radius 3 is 2.68 bits per heavy atom. The Bertz CT molecular complexity index is 1600. The lowest BCUT2D eigenvalue weighted by Gasteiger charge is -2.22. The van der Waals surface area contributed by atoms with Gasteiger partial charge in [0.15, 0.2) is 0 Å². The van der Waals surface area contributed by atoms with E-state index in [4.69, 9.17) is 21.3 Å². The summed E-state index contributed by atoms with van der Waals surface area (Å²) in [6.45, 7) is 0.0319. The van der Waals surface area contributed by atoms with E-state index < -0.39 is 4.92 Å². The van der Waals surface area contributed by atoms with Crippen LogP contribution in [0.15, 0.2) is 75.0 Å². The van der Waals surface area contributed by atoms with Gasteiger partial charge in [0, 0.05) is 32.6 Å². The highest BCUT2D eigenvalue weighted by Crippen LogP contribution is 2.33.